The molecule has 0 saturated carbocycles. The van der Waals surface area contributed by atoms with Gasteiger partial charge in [-0.25, -0.2) is 4.98 Å². The molecule has 10 heteroatoms. The third-order valence-corrected chi connectivity index (χ3v) is 6.11. The molecule has 0 amide bonds. The maximum Gasteiger partial charge on any atom is 0.233 e. The number of hydrogen-bond acceptors (Lipinski definition) is 9. The molecular formula is C21H23N7OS2. The maximum absolute atomic E-state index is 11.8. The number of rotatable bonds is 11. The molecular weight excluding hydrogens is 430 g/mol. The fraction of sp³-hybridized carbons (Fsp3) is 0.238. The Morgan fingerprint density at radius 3 is 2.55 bits per heavy atom. The lowest BCUT2D eigenvalue weighted by molar-refractivity contribution is 0.585. The largest absolute Gasteiger partial charge is 0.546 e. The van der Waals surface area contributed by atoms with Crippen molar-refractivity contribution in [3.8, 4) is 0 Å². The first kappa shape index (κ1) is 21.2. The highest BCUT2D eigenvalue weighted by Crippen LogP contribution is 2.23. The minimum absolute atomic E-state index is 0.523. The molecule has 4 heterocycles. The molecule has 4 aromatic heterocycles. The van der Waals surface area contributed by atoms with Crippen LogP contribution < -0.4 is 15.5 Å². The van der Waals surface area contributed by atoms with Gasteiger partial charge >= 0.3 is 0 Å². The summed E-state index contributed by atoms with van der Waals surface area (Å²) >= 11 is 0.157. The molecule has 4 rings (SSSR count). The lowest BCUT2D eigenvalue weighted by atomic mass is 10.3. The Morgan fingerprint density at radius 2 is 1.81 bits per heavy atom. The molecule has 0 fully saturated rings. The third-order valence-electron chi connectivity index (χ3n) is 4.57. The lowest BCUT2D eigenvalue weighted by Gasteiger charge is -2.23. The predicted octanol–water partition coefficient (Wildman–Crippen LogP) is 4.18. The van der Waals surface area contributed by atoms with Gasteiger partial charge in [-0.2, -0.15) is 0 Å². The van der Waals surface area contributed by atoms with Gasteiger partial charge in [0.1, 0.15) is 5.82 Å². The number of nitrogens with one attached hydrogen (secondary N) is 2. The van der Waals surface area contributed by atoms with Gasteiger partial charge in [0.25, 0.3) is 0 Å². The van der Waals surface area contributed by atoms with Crippen molar-refractivity contribution in [2.45, 2.75) is 19.5 Å². The second-order valence-corrected chi connectivity index (χ2v) is 8.65. The molecule has 8 nitrogen and oxygen atoms in total. The molecule has 160 valence electrons. The second-order valence-electron chi connectivity index (χ2n) is 6.79. The van der Waals surface area contributed by atoms with Crippen LogP contribution in [0.5, 0.6) is 0 Å². The van der Waals surface area contributed by atoms with E-state index in [-0.39, 0.29) is 0 Å². The Bertz CT molecular complexity index is 1040. The van der Waals surface area contributed by atoms with E-state index in [2.05, 4.69) is 51.8 Å². The van der Waals surface area contributed by atoms with Gasteiger partial charge in [0.2, 0.25) is 11.6 Å². The van der Waals surface area contributed by atoms with Crippen molar-refractivity contribution in [2.75, 3.05) is 28.6 Å². The number of anilines is 3. The second kappa shape index (κ2) is 10.8. The van der Waals surface area contributed by atoms with Crippen LogP contribution in [0.25, 0.3) is 0 Å². The summed E-state index contributed by atoms with van der Waals surface area (Å²) in [7, 11) is 0. The topological polar surface area (TPSA) is 102 Å². The predicted molar refractivity (Wildman–Crippen MR) is 125 cm³/mol. The molecule has 1 atom stereocenters. The van der Waals surface area contributed by atoms with Crippen LogP contribution in [0.3, 0.4) is 0 Å². The summed E-state index contributed by atoms with van der Waals surface area (Å²) in [5.74, 6) is 2.02. The van der Waals surface area contributed by atoms with E-state index in [9.17, 15) is 4.55 Å². The lowest BCUT2D eigenvalue weighted by Crippen LogP contribution is -2.26. The van der Waals surface area contributed by atoms with Gasteiger partial charge in [-0.15, -0.1) is 11.3 Å². The molecule has 0 aliphatic carbocycles. The minimum Gasteiger partial charge on any atom is -0.546 e. The summed E-state index contributed by atoms with van der Waals surface area (Å²) in [5.41, 5.74) is 1.06. The Kier molecular flexibility index (Phi) is 7.37. The molecule has 0 radical (unpaired) electrons. The number of nitrogens with zero attached hydrogens (tertiary/aromatic N) is 5. The van der Waals surface area contributed by atoms with E-state index in [0.717, 1.165) is 30.9 Å². The Morgan fingerprint density at radius 1 is 0.968 bits per heavy atom. The van der Waals surface area contributed by atoms with Crippen molar-refractivity contribution >= 4 is 39.9 Å². The van der Waals surface area contributed by atoms with Gasteiger partial charge in [-0.1, -0.05) is 12.1 Å². The van der Waals surface area contributed by atoms with Crippen LogP contribution in [-0.4, -0.2) is 36.4 Å². The molecule has 4 aromatic rings. The van der Waals surface area contributed by atoms with E-state index in [1.54, 1.807) is 23.7 Å². The Labute approximate surface area is 188 Å². The van der Waals surface area contributed by atoms with E-state index in [0.29, 0.717) is 24.7 Å². The maximum atomic E-state index is 11.8. The Hall–Kier alpha value is -3.08. The first-order chi connectivity index (χ1) is 15.3. The number of pyridine rings is 2. The monoisotopic (exact) mass is 453 g/mol. The molecule has 0 aromatic carbocycles. The highest BCUT2D eigenvalue weighted by molar-refractivity contribution is 7.14. The van der Waals surface area contributed by atoms with E-state index in [1.165, 1.54) is 4.88 Å². The average molecular weight is 454 g/mol. The molecule has 0 aliphatic heterocycles. The molecule has 31 heavy (non-hydrogen) atoms. The van der Waals surface area contributed by atoms with Gasteiger partial charge in [0, 0.05) is 51.8 Å². The van der Waals surface area contributed by atoms with Crippen molar-refractivity contribution in [3.05, 3.63) is 76.9 Å². The summed E-state index contributed by atoms with van der Waals surface area (Å²) in [6.07, 6.45) is 6.16. The standard InChI is InChI=1S/C21H23N7OS2/c29-31-26-20(21(27-31)25-15-17-7-11-22-12-8-17)24-10-4-13-28(16-18-5-3-14-30-18)19-6-1-2-9-23-19/h1-3,5-9,11-12,14H,4,10,13,15-16H2,(H,24,26)(H,25,27). The van der Waals surface area contributed by atoms with E-state index in [1.807, 2.05) is 36.5 Å². The summed E-state index contributed by atoms with van der Waals surface area (Å²) < 4.78 is 20.0. The Balaban J connectivity index is 1.32. The number of thiophene rings is 1. The normalized spacial score (nSPS) is 11.3. The van der Waals surface area contributed by atoms with Crippen molar-refractivity contribution in [2.24, 2.45) is 0 Å². The average Bonchev–Trinajstić information content (AvgIpc) is 3.45. The van der Waals surface area contributed by atoms with Crippen molar-refractivity contribution in [1.29, 1.82) is 0 Å². The van der Waals surface area contributed by atoms with Crippen LogP contribution in [0.2, 0.25) is 0 Å². The molecule has 1 unspecified atom stereocenters. The van der Waals surface area contributed by atoms with Crippen molar-refractivity contribution in [3.63, 3.8) is 0 Å². The quantitative estimate of drug-likeness (QED) is 0.258. The van der Waals surface area contributed by atoms with Gasteiger partial charge < -0.3 is 20.1 Å². The smallest absolute Gasteiger partial charge is 0.233 e. The molecule has 0 bridgehead atoms. The summed E-state index contributed by atoms with van der Waals surface area (Å²) in [6, 6.07) is 14.0. The number of hydrogen-bond donors (Lipinski definition) is 2. The summed E-state index contributed by atoms with van der Waals surface area (Å²) in [6.45, 7) is 2.89. The molecule has 0 spiro atoms. The van der Waals surface area contributed by atoms with E-state index >= 15 is 0 Å². The zero-order chi connectivity index (χ0) is 21.3. The fourth-order valence-corrected chi connectivity index (χ4v) is 4.44. The van der Waals surface area contributed by atoms with Gasteiger partial charge in [0.15, 0.2) is 11.1 Å². The first-order valence-corrected chi connectivity index (χ1v) is 11.9. The first-order valence-electron chi connectivity index (χ1n) is 9.93. The highest BCUT2D eigenvalue weighted by Gasteiger charge is 2.15. The van der Waals surface area contributed by atoms with Crippen molar-refractivity contribution in [1.82, 2.24) is 18.7 Å². The fourth-order valence-electron chi connectivity index (χ4n) is 3.06. The molecule has 2 N–H and O–H groups in total. The van der Waals surface area contributed by atoms with Gasteiger partial charge in [-0.05, 0) is 47.7 Å². The minimum atomic E-state index is -1.59. The third kappa shape index (κ3) is 6.20. The number of aromatic nitrogens is 4. The van der Waals surface area contributed by atoms with Crippen LogP contribution in [0.15, 0.2) is 66.4 Å². The van der Waals surface area contributed by atoms with E-state index < -0.39 is 11.1 Å². The van der Waals surface area contributed by atoms with Gasteiger partial charge in [-0.3, -0.25) is 4.98 Å². The van der Waals surface area contributed by atoms with Crippen LogP contribution in [0.4, 0.5) is 17.5 Å². The SMILES string of the molecule is [O-][s+]1nc(NCCCN(Cc2cccs2)c2ccccn2)c(NCc2ccncc2)n1. The summed E-state index contributed by atoms with van der Waals surface area (Å²) in [5, 5.41) is 8.56. The van der Waals surface area contributed by atoms with Crippen LogP contribution in [-0.2, 0) is 13.1 Å². The zero-order valence-corrected chi connectivity index (χ0v) is 18.5. The zero-order valence-electron chi connectivity index (χ0n) is 16.8. The van der Waals surface area contributed by atoms with Gasteiger partial charge in [0.05, 0.1) is 6.54 Å². The molecule has 0 aliphatic rings. The van der Waals surface area contributed by atoms with Crippen LogP contribution in [0.1, 0.15) is 16.9 Å². The summed E-state index contributed by atoms with van der Waals surface area (Å²) in [4.78, 5) is 12.1. The van der Waals surface area contributed by atoms with Crippen molar-refractivity contribution < 1.29 is 4.55 Å². The van der Waals surface area contributed by atoms with Crippen LogP contribution in [0, 0.1) is 0 Å². The molecule has 0 saturated heterocycles. The van der Waals surface area contributed by atoms with E-state index in [4.69, 9.17) is 0 Å². The van der Waals surface area contributed by atoms with Crippen LogP contribution >= 0.6 is 22.5 Å². The highest BCUT2D eigenvalue weighted by atomic mass is 32.2.